The number of nitrogens with two attached hydrogens (primary N) is 1. The van der Waals surface area contributed by atoms with Crippen molar-refractivity contribution in [2.24, 2.45) is 0 Å². The minimum absolute atomic E-state index is 0.759. The van der Waals surface area contributed by atoms with E-state index in [4.69, 9.17) is 17.3 Å². The van der Waals surface area contributed by atoms with Crippen LogP contribution in [-0.4, -0.2) is 0 Å². The Morgan fingerprint density at radius 1 is 1.24 bits per heavy atom. The number of halogens is 2. The van der Waals surface area contributed by atoms with Crippen molar-refractivity contribution in [1.29, 1.82) is 0 Å². The van der Waals surface area contributed by atoms with Gasteiger partial charge in [0.05, 0.1) is 4.34 Å². The van der Waals surface area contributed by atoms with E-state index < -0.39 is 0 Å². The predicted molar refractivity (Wildman–Crippen MR) is 78.4 cm³/mol. The molecule has 17 heavy (non-hydrogen) atoms. The van der Waals surface area contributed by atoms with Crippen LogP contribution in [0, 0.1) is 0 Å². The number of nitrogen functional groups attached to an aromatic ring is 1. The summed E-state index contributed by atoms with van der Waals surface area (Å²) in [6, 6.07) is 9.88. The largest absolute Gasteiger partial charge is 0.398 e. The van der Waals surface area contributed by atoms with Crippen LogP contribution in [0.15, 0.2) is 34.8 Å². The summed E-state index contributed by atoms with van der Waals surface area (Å²) in [5.41, 5.74) is 7.83. The molecule has 0 radical (unpaired) electrons. The van der Waals surface area contributed by atoms with Crippen molar-refractivity contribution in [3.05, 3.63) is 49.6 Å². The first-order valence-electron chi connectivity index (χ1n) is 5.14. The van der Waals surface area contributed by atoms with Crippen LogP contribution in [0.5, 0.6) is 0 Å². The SMILES string of the molecule is Nc1cc(Br)ccc1CNCc1ccc(Cl)s1. The zero-order valence-electron chi connectivity index (χ0n) is 9.04. The molecule has 0 amide bonds. The van der Waals surface area contributed by atoms with Crippen molar-refractivity contribution in [1.82, 2.24) is 5.32 Å². The Kier molecular flexibility index (Phi) is 4.45. The van der Waals surface area contributed by atoms with Gasteiger partial charge in [-0.05, 0) is 29.8 Å². The molecular formula is C12H12BrClN2S. The molecule has 0 saturated carbocycles. The topological polar surface area (TPSA) is 38.0 Å². The van der Waals surface area contributed by atoms with Gasteiger partial charge in [-0.2, -0.15) is 0 Å². The second-order valence-electron chi connectivity index (χ2n) is 3.65. The summed E-state index contributed by atoms with van der Waals surface area (Å²) in [5.74, 6) is 0. The Labute approximate surface area is 118 Å². The molecule has 0 aliphatic rings. The quantitative estimate of drug-likeness (QED) is 0.830. The van der Waals surface area contributed by atoms with Crippen LogP contribution in [0.1, 0.15) is 10.4 Å². The number of hydrogen-bond donors (Lipinski definition) is 2. The molecule has 0 aliphatic carbocycles. The van der Waals surface area contributed by atoms with Crippen LogP contribution in [0.25, 0.3) is 0 Å². The number of benzene rings is 1. The molecule has 3 N–H and O–H groups in total. The molecule has 0 bridgehead atoms. The maximum atomic E-state index is 5.92. The molecule has 90 valence electrons. The van der Waals surface area contributed by atoms with Crippen molar-refractivity contribution in [2.45, 2.75) is 13.1 Å². The maximum Gasteiger partial charge on any atom is 0.0931 e. The Hall–Kier alpha value is -0.550. The normalized spacial score (nSPS) is 10.7. The first-order valence-corrected chi connectivity index (χ1v) is 7.13. The smallest absolute Gasteiger partial charge is 0.0931 e. The molecule has 0 unspecified atom stereocenters. The lowest BCUT2D eigenvalue weighted by Crippen LogP contribution is -2.13. The van der Waals surface area contributed by atoms with E-state index in [9.17, 15) is 0 Å². The summed E-state index contributed by atoms with van der Waals surface area (Å²) in [6.45, 7) is 1.57. The standard InChI is InChI=1S/C12H12BrClN2S/c13-9-2-1-8(11(15)5-9)6-16-7-10-3-4-12(14)17-10/h1-5,16H,6-7,15H2. The highest BCUT2D eigenvalue weighted by molar-refractivity contribution is 9.10. The summed E-state index contributed by atoms with van der Waals surface area (Å²) >= 11 is 10.8. The van der Waals surface area contributed by atoms with Gasteiger partial charge in [0, 0.05) is 28.1 Å². The van der Waals surface area contributed by atoms with Gasteiger partial charge >= 0.3 is 0 Å². The number of hydrogen-bond acceptors (Lipinski definition) is 3. The van der Waals surface area contributed by atoms with Crippen LogP contribution >= 0.6 is 38.9 Å². The van der Waals surface area contributed by atoms with Gasteiger partial charge < -0.3 is 11.1 Å². The van der Waals surface area contributed by atoms with Crippen molar-refractivity contribution >= 4 is 44.6 Å². The molecule has 0 atom stereocenters. The Bertz CT molecular complexity index is 513. The first kappa shape index (κ1) is 12.9. The molecule has 1 aromatic carbocycles. The van der Waals surface area contributed by atoms with Crippen molar-refractivity contribution < 1.29 is 0 Å². The highest BCUT2D eigenvalue weighted by Gasteiger charge is 2.01. The molecule has 0 spiro atoms. The molecule has 1 heterocycles. The van der Waals surface area contributed by atoms with Crippen LogP contribution in [0.4, 0.5) is 5.69 Å². The summed E-state index contributed by atoms with van der Waals surface area (Å²) < 4.78 is 1.83. The Balaban J connectivity index is 1.90. The van der Waals surface area contributed by atoms with E-state index >= 15 is 0 Å². The summed E-state index contributed by atoms with van der Waals surface area (Å²) in [6.07, 6.45) is 0. The third-order valence-electron chi connectivity index (χ3n) is 2.35. The predicted octanol–water partition coefficient (Wildman–Crippen LogP) is 4.04. The maximum absolute atomic E-state index is 5.92. The van der Waals surface area contributed by atoms with E-state index in [2.05, 4.69) is 21.2 Å². The molecule has 0 saturated heterocycles. The highest BCUT2D eigenvalue weighted by atomic mass is 79.9. The van der Waals surface area contributed by atoms with E-state index in [1.54, 1.807) is 11.3 Å². The second kappa shape index (κ2) is 5.87. The molecule has 1 aromatic heterocycles. The number of thiophene rings is 1. The molecule has 2 aromatic rings. The van der Waals surface area contributed by atoms with Gasteiger partial charge in [-0.15, -0.1) is 11.3 Å². The van der Waals surface area contributed by atoms with Gasteiger partial charge in [0.2, 0.25) is 0 Å². The van der Waals surface area contributed by atoms with E-state index in [-0.39, 0.29) is 0 Å². The minimum atomic E-state index is 0.759. The lowest BCUT2D eigenvalue weighted by molar-refractivity contribution is 0.702. The number of rotatable bonds is 4. The monoisotopic (exact) mass is 330 g/mol. The van der Waals surface area contributed by atoms with E-state index in [1.165, 1.54) is 4.88 Å². The fraction of sp³-hybridized carbons (Fsp3) is 0.167. The zero-order valence-corrected chi connectivity index (χ0v) is 12.2. The van der Waals surface area contributed by atoms with Gasteiger partial charge in [-0.1, -0.05) is 33.6 Å². The zero-order chi connectivity index (χ0) is 12.3. The number of anilines is 1. The van der Waals surface area contributed by atoms with Crippen molar-refractivity contribution in [3.63, 3.8) is 0 Å². The second-order valence-corrected chi connectivity index (χ2v) is 6.37. The Morgan fingerprint density at radius 3 is 2.71 bits per heavy atom. The summed E-state index contributed by atoms with van der Waals surface area (Å²) in [7, 11) is 0. The third kappa shape index (κ3) is 3.71. The van der Waals surface area contributed by atoms with E-state index in [0.717, 1.165) is 33.1 Å². The first-order chi connectivity index (χ1) is 8.15. The lowest BCUT2D eigenvalue weighted by Gasteiger charge is -2.07. The van der Waals surface area contributed by atoms with Gasteiger partial charge in [0.25, 0.3) is 0 Å². The van der Waals surface area contributed by atoms with Gasteiger partial charge in [-0.25, -0.2) is 0 Å². The van der Waals surface area contributed by atoms with E-state index in [0.29, 0.717) is 0 Å². The molecule has 0 aliphatic heterocycles. The summed E-state index contributed by atoms with van der Waals surface area (Å²) in [4.78, 5) is 1.23. The Morgan fingerprint density at radius 2 is 2.06 bits per heavy atom. The molecule has 2 rings (SSSR count). The lowest BCUT2D eigenvalue weighted by atomic mass is 10.2. The molecule has 2 nitrogen and oxygen atoms in total. The molecule has 5 heteroatoms. The van der Waals surface area contributed by atoms with Gasteiger partial charge in [0.1, 0.15) is 0 Å². The third-order valence-corrected chi connectivity index (χ3v) is 4.08. The van der Waals surface area contributed by atoms with Gasteiger partial charge in [0.15, 0.2) is 0 Å². The highest BCUT2D eigenvalue weighted by Crippen LogP contribution is 2.22. The fourth-order valence-corrected chi connectivity index (χ4v) is 2.93. The fourth-order valence-electron chi connectivity index (χ4n) is 1.49. The van der Waals surface area contributed by atoms with Crippen molar-refractivity contribution in [2.75, 3.05) is 5.73 Å². The van der Waals surface area contributed by atoms with Crippen LogP contribution < -0.4 is 11.1 Å². The molecular weight excluding hydrogens is 320 g/mol. The minimum Gasteiger partial charge on any atom is -0.398 e. The molecule has 0 fully saturated rings. The van der Waals surface area contributed by atoms with Crippen LogP contribution in [0.3, 0.4) is 0 Å². The van der Waals surface area contributed by atoms with Crippen LogP contribution in [0.2, 0.25) is 4.34 Å². The van der Waals surface area contributed by atoms with Crippen molar-refractivity contribution in [3.8, 4) is 0 Å². The van der Waals surface area contributed by atoms with Crippen LogP contribution in [-0.2, 0) is 13.1 Å². The number of nitrogens with one attached hydrogen (secondary N) is 1. The average molecular weight is 332 g/mol. The van der Waals surface area contributed by atoms with E-state index in [1.807, 2.05) is 30.3 Å². The average Bonchev–Trinajstić information content (AvgIpc) is 2.68. The summed E-state index contributed by atoms with van der Waals surface area (Å²) in [5, 5.41) is 3.35. The van der Waals surface area contributed by atoms with Gasteiger partial charge in [-0.3, -0.25) is 0 Å².